The number of fused-ring (bicyclic) bond motifs is 1. The number of anilines is 1. The van der Waals surface area contributed by atoms with Gasteiger partial charge < -0.3 is 10.6 Å². The van der Waals surface area contributed by atoms with Gasteiger partial charge >= 0.3 is 0 Å². The zero-order valence-electron chi connectivity index (χ0n) is 17.3. The lowest BCUT2D eigenvalue weighted by Crippen LogP contribution is -2.28. The van der Waals surface area contributed by atoms with E-state index in [1.165, 1.54) is 23.9 Å². The number of carbonyl (C=O) groups excluding carboxylic acids is 1. The van der Waals surface area contributed by atoms with Crippen LogP contribution >= 0.6 is 23.4 Å². The Morgan fingerprint density at radius 1 is 1.35 bits per heavy atom. The maximum absolute atomic E-state index is 12.5. The predicted octanol–water partition coefficient (Wildman–Crippen LogP) is 3.75. The van der Waals surface area contributed by atoms with Gasteiger partial charge in [-0.15, -0.1) is 0 Å². The van der Waals surface area contributed by atoms with E-state index >= 15 is 0 Å². The van der Waals surface area contributed by atoms with E-state index in [1.807, 2.05) is 20.8 Å². The Labute approximate surface area is 187 Å². The van der Waals surface area contributed by atoms with Gasteiger partial charge in [0, 0.05) is 24.7 Å². The van der Waals surface area contributed by atoms with E-state index < -0.39 is 10.8 Å². The van der Waals surface area contributed by atoms with Crippen LogP contribution in [0.3, 0.4) is 0 Å². The highest BCUT2D eigenvalue weighted by atomic mass is 35.5. The van der Waals surface area contributed by atoms with Crippen molar-refractivity contribution in [2.75, 3.05) is 17.6 Å². The average Bonchev–Trinajstić information content (AvgIpc) is 3.11. The number of aromatic nitrogens is 4. The summed E-state index contributed by atoms with van der Waals surface area (Å²) in [5, 5.41) is 23.0. The molecular formula is C19H22ClN7O3S. The molecule has 0 spiro atoms. The lowest BCUT2D eigenvalue weighted by atomic mass is 10.2. The number of amides is 1. The number of benzene rings is 1. The van der Waals surface area contributed by atoms with Crippen LogP contribution in [-0.4, -0.2) is 48.9 Å². The van der Waals surface area contributed by atoms with Crippen LogP contribution in [0.1, 0.15) is 31.1 Å². The zero-order chi connectivity index (χ0) is 22.5. The molecule has 31 heavy (non-hydrogen) atoms. The van der Waals surface area contributed by atoms with Gasteiger partial charge in [0.2, 0.25) is 0 Å². The largest absolute Gasteiger partial charge is 0.367 e. The van der Waals surface area contributed by atoms with Crippen molar-refractivity contribution in [1.82, 2.24) is 25.1 Å². The van der Waals surface area contributed by atoms with Crippen LogP contribution < -0.4 is 10.6 Å². The Hall–Kier alpha value is -2.92. The maximum atomic E-state index is 12.5. The van der Waals surface area contributed by atoms with Crippen LogP contribution in [0.2, 0.25) is 5.02 Å². The molecule has 3 rings (SSSR count). The van der Waals surface area contributed by atoms with Gasteiger partial charge in [0.25, 0.3) is 11.6 Å². The fraction of sp³-hybridized carbons (Fsp3) is 0.368. The van der Waals surface area contributed by atoms with Gasteiger partial charge in [0.15, 0.2) is 10.8 Å². The van der Waals surface area contributed by atoms with E-state index in [-0.39, 0.29) is 28.9 Å². The molecule has 0 aliphatic rings. The highest BCUT2D eigenvalue weighted by molar-refractivity contribution is 7.99. The number of thioether (sulfide) groups is 1. The molecule has 2 N–H and O–H groups in total. The normalized spacial score (nSPS) is 11.1. The predicted molar refractivity (Wildman–Crippen MR) is 121 cm³/mol. The molecule has 0 radical (unpaired) electrons. The fourth-order valence-electron chi connectivity index (χ4n) is 2.85. The van der Waals surface area contributed by atoms with Gasteiger partial charge in [0.05, 0.1) is 33.6 Å². The van der Waals surface area contributed by atoms with E-state index in [0.717, 1.165) is 23.0 Å². The van der Waals surface area contributed by atoms with Crippen molar-refractivity contribution < 1.29 is 9.72 Å². The number of carbonyl (C=O) groups is 1. The van der Waals surface area contributed by atoms with Crippen molar-refractivity contribution in [1.29, 1.82) is 0 Å². The Bertz CT molecular complexity index is 1120. The van der Waals surface area contributed by atoms with Crippen molar-refractivity contribution >= 4 is 51.8 Å². The van der Waals surface area contributed by atoms with E-state index in [1.54, 1.807) is 10.9 Å². The second kappa shape index (κ2) is 9.92. The first-order valence-electron chi connectivity index (χ1n) is 9.65. The number of rotatable bonds is 9. The van der Waals surface area contributed by atoms with Crippen molar-refractivity contribution in [3.8, 4) is 0 Å². The average molecular weight is 464 g/mol. The van der Waals surface area contributed by atoms with Crippen LogP contribution in [0, 0.1) is 10.1 Å². The third-order valence-corrected chi connectivity index (χ3v) is 5.25. The lowest BCUT2D eigenvalue weighted by molar-refractivity contribution is -0.384. The highest BCUT2D eigenvalue weighted by Gasteiger charge is 2.17. The number of nitro benzene ring substituents is 1. The number of hydrogen-bond acceptors (Lipinski definition) is 8. The van der Waals surface area contributed by atoms with Crippen LogP contribution in [0.5, 0.6) is 0 Å². The first-order chi connectivity index (χ1) is 14.8. The van der Waals surface area contributed by atoms with Crippen LogP contribution in [0.4, 0.5) is 11.5 Å². The van der Waals surface area contributed by atoms with Crippen LogP contribution in [0.15, 0.2) is 29.6 Å². The van der Waals surface area contributed by atoms with Gasteiger partial charge in [-0.3, -0.25) is 14.9 Å². The summed E-state index contributed by atoms with van der Waals surface area (Å²) in [6, 6.07) is 3.94. The number of nitrogens with one attached hydrogen (secondary N) is 2. The smallest absolute Gasteiger partial charge is 0.270 e. The Kier molecular flexibility index (Phi) is 7.29. The molecule has 0 fully saturated rings. The maximum Gasteiger partial charge on any atom is 0.270 e. The molecule has 2 heterocycles. The van der Waals surface area contributed by atoms with Crippen molar-refractivity contribution in [2.24, 2.45) is 0 Å². The molecule has 0 aliphatic carbocycles. The summed E-state index contributed by atoms with van der Waals surface area (Å²) in [6.45, 7) is 6.68. The quantitative estimate of drug-likeness (QED) is 0.212. The third kappa shape index (κ3) is 5.42. The molecule has 1 amide bonds. The van der Waals surface area contributed by atoms with Gasteiger partial charge in [-0.1, -0.05) is 30.3 Å². The molecule has 0 atom stereocenters. The minimum absolute atomic E-state index is 0.0496. The van der Waals surface area contributed by atoms with Crippen molar-refractivity contribution in [3.05, 3.63) is 45.1 Å². The molecule has 1 aromatic carbocycles. The monoisotopic (exact) mass is 463 g/mol. The third-order valence-electron chi connectivity index (χ3n) is 4.19. The molecule has 0 aliphatic heterocycles. The van der Waals surface area contributed by atoms with Gasteiger partial charge in [-0.2, -0.15) is 5.10 Å². The van der Waals surface area contributed by atoms with Crippen molar-refractivity contribution in [3.63, 3.8) is 0 Å². The van der Waals surface area contributed by atoms with Crippen molar-refractivity contribution in [2.45, 2.75) is 38.5 Å². The van der Waals surface area contributed by atoms with Gasteiger partial charge in [-0.25, -0.2) is 14.6 Å². The molecule has 164 valence electrons. The van der Waals surface area contributed by atoms with E-state index in [9.17, 15) is 14.9 Å². The van der Waals surface area contributed by atoms with Crippen LogP contribution in [-0.2, 0) is 6.54 Å². The standard InChI is InChI=1S/C19H22ClN7O3S/c1-4-31-19-24-16(23-11(2)3)14-10-22-26(17(14)25-19)8-7-21-18(28)13-9-12(27(29)30)5-6-15(13)20/h5-6,9-11H,4,7-8H2,1-3H3,(H,21,28)(H,23,24,25). The molecular weight excluding hydrogens is 442 g/mol. The fourth-order valence-corrected chi connectivity index (χ4v) is 3.62. The molecule has 0 unspecified atom stereocenters. The number of halogens is 1. The number of hydrogen-bond donors (Lipinski definition) is 2. The molecule has 0 bridgehead atoms. The lowest BCUT2D eigenvalue weighted by Gasteiger charge is -2.12. The Morgan fingerprint density at radius 2 is 2.13 bits per heavy atom. The number of nitro groups is 1. The highest BCUT2D eigenvalue weighted by Crippen LogP contribution is 2.25. The molecule has 0 saturated carbocycles. The minimum Gasteiger partial charge on any atom is -0.367 e. The first kappa shape index (κ1) is 22.8. The summed E-state index contributed by atoms with van der Waals surface area (Å²) in [6.07, 6.45) is 1.69. The second-order valence-corrected chi connectivity index (χ2v) is 8.51. The summed E-state index contributed by atoms with van der Waals surface area (Å²) in [7, 11) is 0. The molecule has 0 saturated heterocycles. The zero-order valence-corrected chi connectivity index (χ0v) is 18.8. The summed E-state index contributed by atoms with van der Waals surface area (Å²) in [4.78, 5) is 32.0. The summed E-state index contributed by atoms with van der Waals surface area (Å²) < 4.78 is 1.69. The summed E-state index contributed by atoms with van der Waals surface area (Å²) in [5.41, 5.74) is 0.515. The van der Waals surface area contributed by atoms with E-state index in [0.29, 0.717) is 17.3 Å². The number of nitrogens with zero attached hydrogens (tertiary/aromatic N) is 5. The molecule has 2 aromatic heterocycles. The molecule has 10 nitrogen and oxygen atoms in total. The van der Waals surface area contributed by atoms with Crippen LogP contribution in [0.25, 0.3) is 11.0 Å². The molecule has 12 heteroatoms. The van der Waals surface area contributed by atoms with E-state index in [2.05, 4.69) is 25.7 Å². The topological polar surface area (TPSA) is 128 Å². The first-order valence-corrected chi connectivity index (χ1v) is 11.0. The SMILES string of the molecule is CCSc1nc(NC(C)C)c2cnn(CCNC(=O)c3cc([N+](=O)[O-])ccc3Cl)c2n1. The van der Waals surface area contributed by atoms with E-state index in [4.69, 9.17) is 11.6 Å². The summed E-state index contributed by atoms with van der Waals surface area (Å²) >= 11 is 7.56. The van der Waals surface area contributed by atoms with Gasteiger partial charge in [-0.05, 0) is 25.7 Å². The second-order valence-electron chi connectivity index (χ2n) is 6.87. The van der Waals surface area contributed by atoms with Gasteiger partial charge in [0.1, 0.15) is 5.82 Å². The Morgan fingerprint density at radius 3 is 2.81 bits per heavy atom. The number of non-ortho nitro benzene ring substituents is 1. The minimum atomic E-state index is -0.572. The molecule has 3 aromatic rings. The summed E-state index contributed by atoms with van der Waals surface area (Å²) in [5.74, 6) is 1.06. The Balaban J connectivity index is 1.77.